The molecule has 2 atom stereocenters. The van der Waals surface area contributed by atoms with Crippen LogP contribution in [0.5, 0.6) is 0 Å². The van der Waals surface area contributed by atoms with E-state index in [1.165, 1.54) is 19.1 Å². The lowest BCUT2D eigenvalue weighted by molar-refractivity contribution is -0.121. The van der Waals surface area contributed by atoms with Gasteiger partial charge in [0.05, 0.1) is 16.2 Å². The number of nitrogens with one attached hydrogen (secondary N) is 1. The average molecular weight is 343 g/mol. The van der Waals surface area contributed by atoms with Gasteiger partial charge in [-0.25, -0.2) is 12.8 Å². The third-order valence-electron chi connectivity index (χ3n) is 3.96. The lowest BCUT2D eigenvalue weighted by Crippen LogP contribution is -2.31. The fourth-order valence-electron chi connectivity index (χ4n) is 2.54. The van der Waals surface area contributed by atoms with Crippen LogP contribution in [-0.2, 0) is 19.4 Å². The van der Waals surface area contributed by atoms with Gasteiger partial charge in [0.25, 0.3) is 0 Å². The topological polar surface area (TPSA) is 72.5 Å². The predicted octanol–water partition coefficient (Wildman–Crippen LogP) is 2.06. The summed E-state index contributed by atoms with van der Waals surface area (Å²) in [4.78, 5) is 11.9. The Kier molecular flexibility index (Phi) is 6.12. The lowest BCUT2D eigenvalue weighted by Gasteiger charge is -2.14. The van der Waals surface area contributed by atoms with E-state index < -0.39 is 20.9 Å². The standard InChI is InChI=1S/C16H22FNO4S/c1-12(23(20,21)15-6-4-13(17)5-7-15)11-16(19)18-9-8-14-3-2-10-22-14/h4-7,12,14H,2-3,8-11H2,1H3,(H,18,19)/t12-,14+/m1/s1. The molecule has 1 aliphatic rings. The second-order valence-electron chi connectivity index (χ2n) is 5.79. The number of sulfone groups is 1. The lowest BCUT2D eigenvalue weighted by atomic mass is 10.2. The van der Waals surface area contributed by atoms with E-state index >= 15 is 0 Å². The molecular formula is C16H22FNO4S. The molecule has 1 saturated heterocycles. The molecule has 0 bridgehead atoms. The molecule has 1 N–H and O–H groups in total. The normalized spacial score (nSPS) is 19.5. The second kappa shape index (κ2) is 7.88. The van der Waals surface area contributed by atoms with E-state index in [4.69, 9.17) is 4.74 Å². The van der Waals surface area contributed by atoms with Crippen LogP contribution < -0.4 is 5.32 Å². The molecule has 0 saturated carbocycles. The molecule has 7 heteroatoms. The van der Waals surface area contributed by atoms with Crippen LogP contribution in [0.1, 0.15) is 32.6 Å². The van der Waals surface area contributed by atoms with Crippen molar-refractivity contribution < 1.29 is 22.3 Å². The Morgan fingerprint density at radius 1 is 1.39 bits per heavy atom. The van der Waals surface area contributed by atoms with Crippen LogP contribution in [0.2, 0.25) is 0 Å². The Balaban J connectivity index is 1.83. The van der Waals surface area contributed by atoms with Crippen molar-refractivity contribution in [3.8, 4) is 0 Å². The summed E-state index contributed by atoms with van der Waals surface area (Å²) in [5.74, 6) is -0.801. The molecule has 0 spiro atoms. The van der Waals surface area contributed by atoms with E-state index in [1.54, 1.807) is 0 Å². The molecular weight excluding hydrogens is 321 g/mol. The molecule has 1 heterocycles. The fourth-order valence-corrected chi connectivity index (χ4v) is 3.89. The van der Waals surface area contributed by atoms with Gasteiger partial charge in [0, 0.05) is 19.6 Å². The van der Waals surface area contributed by atoms with Crippen molar-refractivity contribution in [2.24, 2.45) is 0 Å². The van der Waals surface area contributed by atoms with Crippen LogP contribution in [0.4, 0.5) is 4.39 Å². The highest BCUT2D eigenvalue weighted by Crippen LogP contribution is 2.19. The summed E-state index contributed by atoms with van der Waals surface area (Å²) in [6, 6.07) is 4.63. The van der Waals surface area contributed by atoms with Crippen LogP contribution >= 0.6 is 0 Å². The smallest absolute Gasteiger partial charge is 0.221 e. The van der Waals surface area contributed by atoms with Crippen molar-refractivity contribution in [2.75, 3.05) is 13.2 Å². The number of ether oxygens (including phenoxy) is 1. The largest absolute Gasteiger partial charge is 0.378 e. The molecule has 0 aromatic heterocycles. The van der Waals surface area contributed by atoms with Gasteiger partial charge in [-0.2, -0.15) is 0 Å². The molecule has 1 aromatic rings. The molecule has 5 nitrogen and oxygen atoms in total. The van der Waals surface area contributed by atoms with Crippen molar-refractivity contribution in [3.63, 3.8) is 0 Å². The number of carbonyl (C=O) groups is 1. The molecule has 2 rings (SSSR count). The summed E-state index contributed by atoms with van der Waals surface area (Å²) >= 11 is 0. The van der Waals surface area contributed by atoms with Gasteiger partial charge in [-0.1, -0.05) is 0 Å². The minimum atomic E-state index is -3.64. The monoisotopic (exact) mass is 343 g/mol. The minimum absolute atomic E-state index is 0.0264. The number of carbonyl (C=O) groups excluding carboxylic acids is 1. The summed E-state index contributed by atoms with van der Waals surface area (Å²) in [7, 11) is -3.64. The number of halogens is 1. The molecule has 1 fully saturated rings. The van der Waals surface area contributed by atoms with Crippen LogP contribution in [0.3, 0.4) is 0 Å². The van der Waals surface area contributed by atoms with E-state index in [1.807, 2.05) is 0 Å². The van der Waals surface area contributed by atoms with Gasteiger partial charge >= 0.3 is 0 Å². The summed E-state index contributed by atoms with van der Waals surface area (Å²) < 4.78 is 43.0. The number of hydrogen-bond donors (Lipinski definition) is 1. The Bertz CT molecular complexity index is 624. The van der Waals surface area contributed by atoms with Crippen molar-refractivity contribution >= 4 is 15.7 Å². The van der Waals surface area contributed by atoms with E-state index in [-0.39, 0.29) is 23.3 Å². The minimum Gasteiger partial charge on any atom is -0.378 e. The number of amides is 1. The summed E-state index contributed by atoms with van der Waals surface area (Å²) in [6.45, 7) is 2.73. The van der Waals surface area contributed by atoms with Gasteiger partial charge in [0.1, 0.15) is 5.82 Å². The first-order valence-electron chi connectivity index (χ1n) is 7.77. The Hall–Kier alpha value is -1.47. The first-order chi connectivity index (χ1) is 10.9. The highest BCUT2D eigenvalue weighted by Gasteiger charge is 2.25. The Morgan fingerprint density at radius 3 is 2.70 bits per heavy atom. The van der Waals surface area contributed by atoms with Crippen molar-refractivity contribution in [3.05, 3.63) is 30.1 Å². The van der Waals surface area contributed by atoms with Gasteiger partial charge in [-0.15, -0.1) is 0 Å². The molecule has 1 amide bonds. The molecule has 1 aromatic carbocycles. The van der Waals surface area contributed by atoms with Crippen LogP contribution in [0.15, 0.2) is 29.2 Å². The van der Waals surface area contributed by atoms with Gasteiger partial charge in [-0.05, 0) is 50.5 Å². The highest BCUT2D eigenvalue weighted by atomic mass is 32.2. The number of benzene rings is 1. The first kappa shape index (κ1) is 17.9. The van der Waals surface area contributed by atoms with E-state index in [2.05, 4.69) is 5.32 Å². The van der Waals surface area contributed by atoms with Crippen LogP contribution in [0.25, 0.3) is 0 Å². The molecule has 128 valence electrons. The first-order valence-corrected chi connectivity index (χ1v) is 9.32. The Labute approximate surface area is 136 Å². The fraction of sp³-hybridized carbons (Fsp3) is 0.562. The summed E-state index contributed by atoms with van der Waals surface area (Å²) in [6.07, 6.45) is 2.86. The zero-order chi connectivity index (χ0) is 16.9. The quantitative estimate of drug-likeness (QED) is 0.769. The molecule has 0 aliphatic carbocycles. The predicted molar refractivity (Wildman–Crippen MR) is 84.3 cm³/mol. The van der Waals surface area contributed by atoms with Crippen LogP contribution in [0, 0.1) is 5.82 Å². The number of rotatable bonds is 7. The second-order valence-corrected chi connectivity index (χ2v) is 8.15. The molecule has 23 heavy (non-hydrogen) atoms. The van der Waals surface area contributed by atoms with Crippen molar-refractivity contribution in [1.29, 1.82) is 0 Å². The average Bonchev–Trinajstić information content (AvgIpc) is 3.01. The van der Waals surface area contributed by atoms with E-state index in [9.17, 15) is 17.6 Å². The van der Waals surface area contributed by atoms with Crippen molar-refractivity contribution in [2.45, 2.75) is 48.9 Å². The maximum Gasteiger partial charge on any atom is 0.221 e. The van der Waals surface area contributed by atoms with Gasteiger partial charge in [0.15, 0.2) is 9.84 Å². The maximum atomic E-state index is 12.9. The summed E-state index contributed by atoms with van der Waals surface area (Å²) in [5.41, 5.74) is 0. The zero-order valence-corrected chi connectivity index (χ0v) is 13.9. The molecule has 0 radical (unpaired) electrons. The van der Waals surface area contributed by atoms with E-state index in [0.717, 1.165) is 38.0 Å². The van der Waals surface area contributed by atoms with Gasteiger partial charge in [-0.3, -0.25) is 4.79 Å². The Morgan fingerprint density at radius 2 is 2.09 bits per heavy atom. The molecule has 1 aliphatic heterocycles. The number of hydrogen-bond acceptors (Lipinski definition) is 4. The van der Waals surface area contributed by atoms with Crippen LogP contribution in [-0.4, -0.2) is 38.8 Å². The molecule has 0 unspecified atom stereocenters. The van der Waals surface area contributed by atoms with Gasteiger partial charge < -0.3 is 10.1 Å². The highest BCUT2D eigenvalue weighted by molar-refractivity contribution is 7.92. The summed E-state index contributed by atoms with van der Waals surface area (Å²) in [5, 5.41) is 1.86. The SMILES string of the molecule is C[C@H](CC(=O)NCC[C@@H]1CCCO1)S(=O)(=O)c1ccc(F)cc1. The third-order valence-corrected chi connectivity index (χ3v) is 6.11. The third kappa shape index (κ3) is 5.00. The van der Waals surface area contributed by atoms with Gasteiger partial charge in [0.2, 0.25) is 5.91 Å². The van der Waals surface area contributed by atoms with E-state index in [0.29, 0.717) is 6.54 Å². The zero-order valence-electron chi connectivity index (χ0n) is 13.1. The van der Waals surface area contributed by atoms with Crippen molar-refractivity contribution in [1.82, 2.24) is 5.32 Å². The maximum absolute atomic E-state index is 12.9.